The monoisotopic (exact) mass is 304 g/mol. The second kappa shape index (κ2) is 4.71. The summed E-state index contributed by atoms with van der Waals surface area (Å²) in [6.07, 6.45) is 2.78. The summed E-state index contributed by atoms with van der Waals surface area (Å²) in [5.74, 6) is 0.0330. The summed E-state index contributed by atoms with van der Waals surface area (Å²) >= 11 is 3.43. The maximum atomic E-state index is 12.5. The fraction of sp³-hybridized carbons (Fsp3) is 0.214. The third-order valence-corrected chi connectivity index (χ3v) is 3.95. The summed E-state index contributed by atoms with van der Waals surface area (Å²) in [4.78, 5) is 12.5. The Morgan fingerprint density at radius 2 is 2.11 bits per heavy atom. The Balaban J connectivity index is 2.03. The van der Waals surface area contributed by atoms with E-state index < -0.39 is 0 Å². The van der Waals surface area contributed by atoms with Gasteiger partial charge in [-0.3, -0.25) is 9.36 Å². The van der Waals surface area contributed by atoms with Crippen molar-refractivity contribution in [3.05, 3.63) is 57.8 Å². The number of hydrogen-bond acceptors (Lipinski definition) is 2. The van der Waals surface area contributed by atoms with Gasteiger partial charge in [-0.1, -0.05) is 12.1 Å². The number of rotatable bonds is 1. The molecular weight excluding hydrogens is 292 g/mol. The molecule has 0 saturated carbocycles. The van der Waals surface area contributed by atoms with Gasteiger partial charge in [0.1, 0.15) is 0 Å². The van der Waals surface area contributed by atoms with Gasteiger partial charge in [-0.25, -0.2) is 0 Å². The minimum absolute atomic E-state index is 0.0330. The molecule has 1 aromatic carbocycles. The van der Waals surface area contributed by atoms with E-state index in [4.69, 9.17) is 0 Å². The highest BCUT2D eigenvalue weighted by Gasteiger charge is 2.19. The number of nitrogens with zero attached hydrogens (tertiary/aromatic N) is 1. The van der Waals surface area contributed by atoms with Crippen LogP contribution in [0.4, 0.5) is 0 Å². The van der Waals surface area contributed by atoms with Gasteiger partial charge in [0.25, 0.3) is 5.91 Å². The fourth-order valence-corrected chi connectivity index (χ4v) is 2.79. The van der Waals surface area contributed by atoms with Gasteiger partial charge in [0, 0.05) is 35.9 Å². The molecule has 2 heterocycles. The van der Waals surface area contributed by atoms with E-state index in [1.807, 2.05) is 36.5 Å². The van der Waals surface area contributed by atoms with Crippen molar-refractivity contribution in [1.82, 2.24) is 9.88 Å². The zero-order valence-electron chi connectivity index (χ0n) is 9.82. The van der Waals surface area contributed by atoms with E-state index >= 15 is 0 Å². The van der Waals surface area contributed by atoms with Gasteiger partial charge in [0.15, 0.2) is 0 Å². The Kier molecular flexibility index (Phi) is 3.06. The van der Waals surface area contributed by atoms with Crippen LogP contribution in [-0.4, -0.2) is 17.0 Å². The fourth-order valence-electron chi connectivity index (χ4n) is 2.33. The predicted octanol–water partition coefficient (Wildman–Crippen LogP) is 2.58. The third-order valence-electron chi connectivity index (χ3n) is 3.26. The van der Waals surface area contributed by atoms with Gasteiger partial charge in [0.05, 0.1) is 5.56 Å². The number of halogens is 1. The molecule has 1 N–H and O–H groups in total. The van der Waals surface area contributed by atoms with Crippen LogP contribution in [0.1, 0.15) is 21.6 Å². The van der Waals surface area contributed by atoms with Gasteiger partial charge >= 0.3 is 0 Å². The molecule has 1 aromatic heterocycles. The molecule has 0 saturated heterocycles. The van der Waals surface area contributed by atoms with Crippen LogP contribution >= 0.6 is 15.9 Å². The molecule has 1 aliphatic rings. The van der Waals surface area contributed by atoms with E-state index in [1.54, 1.807) is 4.57 Å². The standard InChI is InChI=1S/C14H13BrN2O/c15-12-4-2-1-3-11(12)14(18)17-8-6-10-9-16-7-5-13(10)17/h1-4,6,8,16H,5,7,9H2. The van der Waals surface area contributed by atoms with Crippen molar-refractivity contribution < 1.29 is 4.79 Å². The van der Waals surface area contributed by atoms with Gasteiger partial charge in [-0.15, -0.1) is 0 Å². The molecule has 3 rings (SSSR count). The quantitative estimate of drug-likeness (QED) is 0.878. The zero-order chi connectivity index (χ0) is 12.5. The molecule has 0 bridgehead atoms. The van der Waals surface area contributed by atoms with E-state index in [1.165, 1.54) is 5.56 Å². The van der Waals surface area contributed by atoms with Gasteiger partial charge < -0.3 is 5.32 Å². The van der Waals surface area contributed by atoms with E-state index in [2.05, 4.69) is 21.2 Å². The van der Waals surface area contributed by atoms with Crippen LogP contribution in [0, 0.1) is 0 Å². The van der Waals surface area contributed by atoms with Crippen LogP contribution in [-0.2, 0) is 13.0 Å². The van der Waals surface area contributed by atoms with Crippen LogP contribution in [0.2, 0.25) is 0 Å². The summed E-state index contributed by atoms with van der Waals surface area (Å²) in [7, 11) is 0. The number of benzene rings is 1. The van der Waals surface area contributed by atoms with E-state index in [0.29, 0.717) is 5.56 Å². The van der Waals surface area contributed by atoms with Crippen molar-refractivity contribution in [3.63, 3.8) is 0 Å². The van der Waals surface area contributed by atoms with Crippen LogP contribution in [0.15, 0.2) is 41.0 Å². The number of aromatic nitrogens is 1. The minimum atomic E-state index is 0.0330. The summed E-state index contributed by atoms with van der Waals surface area (Å²) < 4.78 is 2.61. The lowest BCUT2D eigenvalue weighted by atomic mass is 10.1. The molecule has 0 radical (unpaired) electrons. The maximum Gasteiger partial charge on any atom is 0.263 e. The Bertz CT molecular complexity index is 604. The molecule has 18 heavy (non-hydrogen) atoms. The first-order valence-corrected chi connectivity index (χ1v) is 6.76. The maximum absolute atomic E-state index is 12.5. The molecule has 1 aliphatic heterocycles. The third kappa shape index (κ3) is 1.91. The molecular formula is C14H13BrN2O. The van der Waals surface area contributed by atoms with Gasteiger partial charge in [-0.05, 0) is 39.7 Å². The first-order chi connectivity index (χ1) is 8.77. The normalized spacial score (nSPS) is 14.3. The van der Waals surface area contributed by atoms with Gasteiger partial charge in [0.2, 0.25) is 0 Å². The van der Waals surface area contributed by atoms with Crippen molar-refractivity contribution in [2.45, 2.75) is 13.0 Å². The SMILES string of the molecule is O=C(c1ccccc1Br)n1ccc2c1CCNC2. The summed E-state index contributed by atoms with van der Waals surface area (Å²) in [6, 6.07) is 9.56. The van der Waals surface area contributed by atoms with E-state index in [0.717, 1.165) is 29.7 Å². The number of hydrogen-bond donors (Lipinski definition) is 1. The largest absolute Gasteiger partial charge is 0.312 e. The first kappa shape index (κ1) is 11.7. The first-order valence-electron chi connectivity index (χ1n) is 5.96. The Morgan fingerprint density at radius 3 is 2.94 bits per heavy atom. The summed E-state index contributed by atoms with van der Waals surface area (Å²) in [6.45, 7) is 1.78. The van der Waals surface area contributed by atoms with Crippen LogP contribution in [0.5, 0.6) is 0 Å². The average molecular weight is 305 g/mol. The lowest BCUT2D eigenvalue weighted by Crippen LogP contribution is -2.26. The van der Waals surface area contributed by atoms with Crippen molar-refractivity contribution in [2.75, 3.05) is 6.54 Å². The number of fused-ring (bicyclic) bond motifs is 1. The average Bonchev–Trinajstić information content (AvgIpc) is 2.82. The lowest BCUT2D eigenvalue weighted by Gasteiger charge is -2.16. The van der Waals surface area contributed by atoms with Crippen LogP contribution in [0.25, 0.3) is 0 Å². The van der Waals surface area contributed by atoms with Crippen LogP contribution < -0.4 is 5.32 Å². The lowest BCUT2D eigenvalue weighted by molar-refractivity contribution is 0.0956. The molecule has 4 heteroatoms. The number of nitrogens with one attached hydrogen (secondary N) is 1. The van der Waals surface area contributed by atoms with Crippen molar-refractivity contribution in [1.29, 1.82) is 0 Å². The molecule has 0 amide bonds. The Morgan fingerprint density at radius 1 is 1.28 bits per heavy atom. The smallest absolute Gasteiger partial charge is 0.263 e. The topological polar surface area (TPSA) is 34.0 Å². The molecule has 92 valence electrons. The Labute approximate surface area is 114 Å². The van der Waals surface area contributed by atoms with Crippen molar-refractivity contribution in [3.8, 4) is 0 Å². The minimum Gasteiger partial charge on any atom is -0.312 e. The molecule has 0 atom stereocenters. The predicted molar refractivity (Wildman–Crippen MR) is 73.7 cm³/mol. The molecule has 2 aromatic rings. The van der Waals surface area contributed by atoms with Gasteiger partial charge in [-0.2, -0.15) is 0 Å². The van der Waals surface area contributed by atoms with E-state index in [-0.39, 0.29) is 5.91 Å². The number of carbonyl (C=O) groups excluding carboxylic acids is 1. The van der Waals surface area contributed by atoms with Crippen molar-refractivity contribution >= 4 is 21.8 Å². The molecule has 3 nitrogen and oxygen atoms in total. The molecule has 0 fully saturated rings. The summed E-state index contributed by atoms with van der Waals surface area (Å²) in [5.41, 5.74) is 3.06. The Hall–Kier alpha value is -1.39. The molecule has 0 unspecified atom stereocenters. The second-order valence-corrected chi connectivity index (χ2v) is 5.22. The number of carbonyl (C=O) groups is 1. The van der Waals surface area contributed by atoms with Crippen molar-refractivity contribution in [2.24, 2.45) is 0 Å². The summed E-state index contributed by atoms with van der Waals surface area (Å²) in [5, 5.41) is 3.31. The van der Waals surface area contributed by atoms with E-state index in [9.17, 15) is 4.79 Å². The highest BCUT2D eigenvalue weighted by molar-refractivity contribution is 9.10. The second-order valence-electron chi connectivity index (χ2n) is 4.37. The molecule has 0 spiro atoms. The molecule has 0 aliphatic carbocycles. The highest BCUT2D eigenvalue weighted by atomic mass is 79.9. The highest BCUT2D eigenvalue weighted by Crippen LogP contribution is 2.21. The zero-order valence-corrected chi connectivity index (χ0v) is 11.4. The van der Waals surface area contributed by atoms with Crippen LogP contribution in [0.3, 0.4) is 0 Å².